The minimum atomic E-state index is 0.00902. The van der Waals surface area contributed by atoms with Crippen LogP contribution in [0.4, 0.5) is 0 Å². The van der Waals surface area contributed by atoms with E-state index in [1.54, 1.807) is 70.1 Å². The summed E-state index contributed by atoms with van der Waals surface area (Å²) in [4.78, 5) is 0. The molecule has 268 valence electrons. The standard InChI is InChI=1S/C33H52O14/c1-34-18-43-16-15-25-31(42-9)32(46-21-37-4)24(30(41-8)33(25)47-22-38-5)14-12-10-11-13-23-28(40-7)27(44-19-35-2)17-26(39-6)29(23)45-20-36-3/h17H,10-16,18-22H2,1-9H3. The van der Waals surface area contributed by atoms with Crippen LogP contribution in [0.15, 0.2) is 6.07 Å². The zero-order chi connectivity index (χ0) is 34.4. The van der Waals surface area contributed by atoms with Crippen molar-refractivity contribution in [2.75, 3.05) is 105 Å². The zero-order valence-corrected chi connectivity index (χ0v) is 29.3. The minimum Gasteiger partial charge on any atom is -0.493 e. The molecule has 14 heteroatoms. The molecule has 0 fully saturated rings. The highest BCUT2D eigenvalue weighted by Crippen LogP contribution is 2.50. The summed E-state index contributed by atoms with van der Waals surface area (Å²) in [7, 11) is 14.1. The quantitative estimate of drug-likeness (QED) is 0.0954. The Morgan fingerprint density at radius 1 is 0.383 bits per heavy atom. The van der Waals surface area contributed by atoms with Crippen molar-refractivity contribution in [2.24, 2.45) is 0 Å². The molecule has 0 aliphatic heterocycles. The third kappa shape index (κ3) is 11.4. The highest BCUT2D eigenvalue weighted by Gasteiger charge is 2.28. The summed E-state index contributed by atoms with van der Waals surface area (Å²) in [6, 6.07) is 1.71. The van der Waals surface area contributed by atoms with Gasteiger partial charge >= 0.3 is 0 Å². The molecular formula is C33H52O14. The largest absolute Gasteiger partial charge is 0.493 e. The van der Waals surface area contributed by atoms with Crippen LogP contribution in [0.3, 0.4) is 0 Å². The van der Waals surface area contributed by atoms with Gasteiger partial charge in [0.25, 0.3) is 0 Å². The molecule has 2 rings (SSSR count). The Hall–Kier alpha value is -3.40. The van der Waals surface area contributed by atoms with E-state index in [1.807, 2.05) is 0 Å². The first-order valence-corrected chi connectivity index (χ1v) is 15.1. The topological polar surface area (TPSA) is 129 Å². The average Bonchev–Trinajstić information content (AvgIpc) is 3.09. The summed E-state index contributed by atoms with van der Waals surface area (Å²) in [6.45, 7) is 0.611. The van der Waals surface area contributed by atoms with Gasteiger partial charge in [-0.2, -0.15) is 0 Å². The van der Waals surface area contributed by atoms with Gasteiger partial charge in [-0.25, -0.2) is 0 Å². The summed E-state index contributed by atoms with van der Waals surface area (Å²) < 4.78 is 78.5. The molecule has 0 aromatic heterocycles. The van der Waals surface area contributed by atoms with Crippen LogP contribution in [0.2, 0.25) is 0 Å². The second-order valence-electron chi connectivity index (χ2n) is 9.93. The van der Waals surface area contributed by atoms with Gasteiger partial charge in [-0.1, -0.05) is 6.42 Å². The lowest BCUT2D eigenvalue weighted by Crippen LogP contribution is -2.13. The average molecular weight is 673 g/mol. The maximum absolute atomic E-state index is 6.10. The molecule has 2 aromatic rings. The number of methoxy groups -OCH3 is 9. The third-order valence-electron chi connectivity index (χ3n) is 6.95. The molecule has 2 aromatic carbocycles. The van der Waals surface area contributed by atoms with Gasteiger partial charge in [0.15, 0.2) is 73.2 Å². The molecule has 0 radical (unpaired) electrons. The summed E-state index contributed by atoms with van der Waals surface area (Å²) >= 11 is 0. The van der Waals surface area contributed by atoms with Crippen molar-refractivity contribution in [3.05, 3.63) is 22.8 Å². The van der Waals surface area contributed by atoms with Crippen molar-refractivity contribution in [3.63, 3.8) is 0 Å². The molecule has 0 saturated heterocycles. The van der Waals surface area contributed by atoms with E-state index in [4.69, 9.17) is 66.3 Å². The molecule has 0 unspecified atom stereocenters. The van der Waals surface area contributed by atoms with Gasteiger partial charge < -0.3 is 66.3 Å². The van der Waals surface area contributed by atoms with Crippen LogP contribution in [-0.4, -0.2) is 105 Å². The summed E-state index contributed by atoms with van der Waals surface area (Å²) in [5.41, 5.74) is 2.30. The van der Waals surface area contributed by atoms with E-state index >= 15 is 0 Å². The van der Waals surface area contributed by atoms with Gasteiger partial charge in [0.2, 0.25) is 0 Å². The molecule has 0 spiro atoms. The Bertz CT molecular complexity index is 1170. The summed E-state index contributed by atoms with van der Waals surface area (Å²) in [5.74, 6) is 4.10. The van der Waals surface area contributed by atoms with Crippen LogP contribution in [0.1, 0.15) is 36.0 Å². The van der Waals surface area contributed by atoms with Crippen LogP contribution >= 0.6 is 0 Å². The molecule has 0 N–H and O–H groups in total. The Kier molecular flexibility index (Phi) is 19.5. The van der Waals surface area contributed by atoms with Gasteiger partial charge in [0.1, 0.15) is 6.79 Å². The zero-order valence-electron chi connectivity index (χ0n) is 29.3. The smallest absolute Gasteiger partial charge is 0.188 e. The fourth-order valence-corrected chi connectivity index (χ4v) is 5.04. The first-order chi connectivity index (χ1) is 23.0. The molecule has 0 aliphatic rings. The number of hydrogen-bond donors (Lipinski definition) is 0. The van der Waals surface area contributed by atoms with E-state index in [0.29, 0.717) is 77.4 Å². The van der Waals surface area contributed by atoms with Crippen LogP contribution in [0.25, 0.3) is 0 Å². The SMILES string of the molecule is COCOCCc1c(OC)c(OCOC)c(CCCCCc2c(OC)c(OCOC)cc(OC)c2OCOC)c(OC)c1OCOC. The van der Waals surface area contributed by atoms with Gasteiger partial charge in [-0.15, -0.1) is 0 Å². The van der Waals surface area contributed by atoms with Crippen LogP contribution < -0.4 is 37.9 Å². The van der Waals surface area contributed by atoms with E-state index in [-0.39, 0.29) is 34.0 Å². The molecule has 0 atom stereocenters. The minimum absolute atomic E-state index is 0.00902. The van der Waals surface area contributed by atoms with E-state index in [2.05, 4.69) is 0 Å². The number of benzene rings is 2. The van der Waals surface area contributed by atoms with Gasteiger partial charge in [-0.05, 0) is 25.7 Å². The molecule has 0 bridgehead atoms. The lowest BCUT2D eigenvalue weighted by Gasteiger charge is -2.24. The number of unbranched alkanes of at least 4 members (excludes halogenated alkanes) is 2. The second-order valence-corrected chi connectivity index (χ2v) is 9.93. The first kappa shape index (κ1) is 39.8. The first-order valence-electron chi connectivity index (χ1n) is 15.1. The Labute approximate surface area is 278 Å². The Balaban J connectivity index is 2.42. The van der Waals surface area contributed by atoms with Gasteiger partial charge in [0.05, 0.1) is 35.0 Å². The molecule has 0 amide bonds. The van der Waals surface area contributed by atoms with Crippen molar-refractivity contribution < 1.29 is 66.3 Å². The lowest BCUT2D eigenvalue weighted by atomic mass is 9.97. The molecule has 0 heterocycles. The normalized spacial score (nSPS) is 10.9. The van der Waals surface area contributed by atoms with Crippen molar-refractivity contribution in [3.8, 4) is 46.0 Å². The predicted octanol–water partition coefficient (Wildman–Crippen LogP) is 4.77. The van der Waals surface area contributed by atoms with Crippen LogP contribution in [-0.2, 0) is 47.7 Å². The monoisotopic (exact) mass is 672 g/mol. The lowest BCUT2D eigenvalue weighted by molar-refractivity contribution is -0.0296. The number of hydrogen-bond acceptors (Lipinski definition) is 14. The van der Waals surface area contributed by atoms with Crippen LogP contribution in [0, 0.1) is 0 Å². The number of rotatable bonds is 27. The molecule has 14 nitrogen and oxygen atoms in total. The fraction of sp³-hybridized carbons (Fsp3) is 0.636. The third-order valence-corrected chi connectivity index (χ3v) is 6.95. The van der Waals surface area contributed by atoms with Crippen molar-refractivity contribution in [2.45, 2.75) is 38.5 Å². The van der Waals surface area contributed by atoms with Crippen molar-refractivity contribution >= 4 is 0 Å². The highest BCUT2D eigenvalue weighted by molar-refractivity contribution is 5.67. The van der Waals surface area contributed by atoms with Crippen molar-refractivity contribution in [1.29, 1.82) is 0 Å². The fourth-order valence-electron chi connectivity index (χ4n) is 5.04. The summed E-state index contributed by atoms with van der Waals surface area (Å²) in [5, 5.41) is 0. The van der Waals surface area contributed by atoms with E-state index < -0.39 is 0 Å². The van der Waals surface area contributed by atoms with Gasteiger partial charge in [0, 0.05) is 64.7 Å². The van der Waals surface area contributed by atoms with E-state index in [0.717, 1.165) is 30.4 Å². The number of ether oxygens (including phenoxy) is 14. The van der Waals surface area contributed by atoms with Gasteiger partial charge in [-0.3, -0.25) is 0 Å². The molecular weight excluding hydrogens is 620 g/mol. The predicted molar refractivity (Wildman–Crippen MR) is 172 cm³/mol. The van der Waals surface area contributed by atoms with Crippen molar-refractivity contribution in [1.82, 2.24) is 0 Å². The molecule has 0 aliphatic carbocycles. The molecule has 47 heavy (non-hydrogen) atoms. The second kappa shape index (κ2) is 23.0. The Morgan fingerprint density at radius 2 is 0.830 bits per heavy atom. The van der Waals surface area contributed by atoms with Crippen LogP contribution in [0.5, 0.6) is 46.0 Å². The summed E-state index contributed by atoms with van der Waals surface area (Å²) in [6.07, 6.45) is 4.03. The maximum atomic E-state index is 6.10. The Morgan fingerprint density at radius 3 is 1.30 bits per heavy atom. The maximum Gasteiger partial charge on any atom is 0.188 e. The molecule has 0 saturated carbocycles. The highest BCUT2D eigenvalue weighted by atomic mass is 16.7. The van der Waals surface area contributed by atoms with E-state index in [9.17, 15) is 0 Å². The van der Waals surface area contributed by atoms with E-state index in [1.165, 1.54) is 0 Å².